The summed E-state index contributed by atoms with van der Waals surface area (Å²) in [5.74, 6) is 0. The minimum Gasteiger partial charge on any atom is -0.304 e. The van der Waals surface area contributed by atoms with Crippen LogP contribution in [0.15, 0.2) is 24.3 Å². The zero-order chi connectivity index (χ0) is 13.8. The van der Waals surface area contributed by atoms with Crippen LogP contribution >= 0.6 is 11.6 Å². The number of rotatable bonds is 4. The highest BCUT2D eigenvalue weighted by atomic mass is 35.5. The largest absolute Gasteiger partial charge is 0.304 e. The maximum absolute atomic E-state index is 10.6. The summed E-state index contributed by atoms with van der Waals surface area (Å²) in [7, 11) is 2.12. The molecule has 1 heterocycles. The van der Waals surface area contributed by atoms with E-state index in [2.05, 4.69) is 16.8 Å². The minimum atomic E-state index is -0.395. The summed E-state index contributed by atoms with van der Waals surface area (Å²) in [4.78, 5) is 14.8. The number of likely N-dealkylation sites (N-methyl/N-ethyl adjacent to an activating group) is 1. The first-order valence-electron chi connectivity index (χ1n) is 6.35. The van der Waals surface area contributed by atoms with E-state index in [1.165, 1.54) is 12.1 Å². The third-order valence-electron chi connectivity index (χ3n) is 3.48. The molecule has 1 aliphatic rings. The van der Waals surface area contributed by atoms with Gasteiger partial charge in [-0.05, 0) is 12.6 Å². The molecule has 0 radical (unpaired) electrons. The van der Waals surface area contributed by atoms with Crippen molar-refractivity contribution in [2.24, 2.45) is 0 Å². The summed E-state index contributed by atoms with van der Waals surface area (Å²) in [6.07, 6.45) is 0. The first kappa shape index (κ1) is 14.2. The quantitative estimate of drug-likeness (QED) is 0.482. The van der Waals surface area contributed by atoms with Gasteiger partial charge in [0.15, 0.2) is 0 Å². The van der Waals surface area contributed by atoms with E-state index in [9.17, 15) is 10.1 Å². The molecule has 104 valence electrons. The topological polar surface area (TPSA) is 49.6 Å². The number of nitro groups is 1. The number of non-ortho nitro benzene ring substituents is 1. The van der Waals surface area contributed by atoms with E-state index in [0.29, 0.717) is 0 Å². The summed E-state index contributed by atoms with van der Waals surface area (Å²) in [6.45, 7) is 4.94. The number of piperazine rings is 1. The van der Waals surface area contributed by atoms with Crippen LogP contribution in [0.1, 0.15) is 10.9 Å². The molecule has 0 spiro atoms. The van der Waals surface area contributed by atoms with Gasteiger partial charge in [0.25, 0.3) is 5.69 Å². The third-order valence-corrected chi connectivity index (χ3v) is 3.87. The van der Waals surface area contributed by atoms with Crippen LogP contribution in [0.5, 0.6) is 0 Å². The number of nitrogens with zero attached hydrogens (tertiary/aromatic N) is 3. The monoisotopic (exact) mass is 283 g/mol. The average Bonchev–Trinajstić information content (AvgIpc) is 2.41. The molecule has 1 saturated heterocycles. The average molecular weight is 284 g/mol. The van der Waals surface area contributed by atoms with Crippen molar-refractivity contribution >= 4 is 17.3 Å². The van der Waals surface area contributed by atoms with Crippen molar-refractivity contribution in [3.05, 3.63) is 39.9 Å². The van der Waals surface area contributed by atoms with Crippen molar-refractivity contribution in [2.75, 3.05) is 39.8 Å². The van der Waals surface area contributed by atoms with Crippen molar-refractivity contribution in [1.82, 2.24) is 9.80 Å². The summed E-state index contributed by atoms with van der Waals surface area (Å²) in [6, 6.07) is 6.50. The fraction of sp³-hybridized carbons (Fsp3) is 0.538. The second kappa shape index (κ2) is 6.32. The molecule has 0 N–H and O–H groups in total. The lowest BCUT2D eigenvalue weighted by atomic mass is 10.1. The van der Waals surface area contributed by atoms with Crippen LogP contribution in [0.3, 0.4) is 0 Å². The fourth-order valence-electron chi connectivity index (χ4n) is 2.17. The van der Waals surface area contributed by atoms with Crippen LogP contribution in [0.25, 0.3) is 0 Å². The maximum atomic E-state index is 10.6. The fourth-order valence-corrected chi connectivity index (χ4v) is 2.51. The SMILES string of the molecule is CN1CCN(CC(Cl)c2ccc([N+](=O)[O-])cc2)CC1. The van der Waals surface area contributed by atoms with Crippen molar-refractivity contribution in [1.29, 1.82) is 0 Å². The minimum absolute atomic E-state index is 0.104. The Morgan fingerprint density at radius 1 is 1.26 bits per heavy atom. The van der Waals surface area contributed by atoms with Crippen LogP contribution < -0.4 is 0 Å². The molecular weight excluding hydrogens is 266 g/mol. The molecule has 2 rings (SSSR count). The van der Waals surface area contributed by atoms with Gasteiger partial charge in [0.1, 0.15) is 0 Å². The van der Waals surface area contributed by atoms with Crippen LogP contribution in [0.4, 0.5) is 5.69 Å². The summed E-state index contributed by atoms with van der Waals surface area (Å²) in [5, 5.41) is 10.5. The standard InChI is InChI=1S/C13H18ClN3O2/c1-15-6-8-16(9-7-15)10-13(14)11-2-4-12(5-3-11)17(18)19/h2-5,13H,6-10H2,1H3. The first-order valence-corrected chi connectivity index (χ1v) is 6.79. The van der Waals surface area contributed by atoms with E-state index in [1.54, 1.807) is 12.1 Å². The van der Waals surface area contributed by atoms with E-state index in [-0.39, 0.29) is 11.1 Å². The highest BCUT2D eigenvalue weighted by Gasteiger charge is 2.18. The number of nitro benzene ring substituents is 1. The predicted molar refractivity (Wildman–Crippen MR) is 75.6 cm³/mol. The number of alkyl halides is 1. The Labute approximate surface area is 117 Å². The number of benzene rings is 1. The Balaban J connectivity index is 1.92. The van der Waals surface area contributed by atoms with Gasteiger partial charge in [-0.15, -0.1) is 11.6 Å². The van der Waals surface area contributed by atoms with Gasteiger partial charge < -0.3 is 4.90 Å². The second-order valence-electron chi connectivity index (χ2n) is 4.92. The zero-order valence-corrected chi connectivity index (χ0v) is 11.7. The van der Waals surface area contributed by atoms with E-state index >= 15 is 0 Å². The maximum Gasteiger partial charge on any atom is 0.269 e. The summed E-state index contributed by atoms with van der Waals surface area (Å²) >= 11 is 6.38. The van der Waals surface area contributed by atoms with Crippen LogP contribution in [0.2, 0.25) is 0 Å². The Bertz CT molecular complexity index is 430. The van der Waals surface area contributed by atoms with E-state index in [1.807, 2.05) is 0 Å². The van der Waals surface area contributed by atoms with Gasteiger partial charge in [0, 0.05) is 44.9 Å². The van der Waals surface area contributed by atoms with Gasteiger partial charge in [-0.2, -0.15) is 0 Å². The molecule has 0 bridgehead atoms. The highest BCUT2D eigenvalue weighted by molar-refractivity contribution is 6.21. The Morgan fingerprint density at radius 2 is 1.84 bits per heavy atom. The number of hydrogen-bond acceptors (Lipinski definition) is 4. The zero-order valence-electron chi connectivity index (χ0n) is 11.0. The molecule has 0 saturated carbocycles. The molecule has 0 amide bonds. The lowest BCUT2D eigenvalue weighted by Gasteiger charge is -2.33. The Hall–Kier alpha value is -1.17. The molecular formula is C13H18ClN3O2. The Morgan fingerprint density at radius 3 is 2.37 bits per heavy atom. The lowest BCUT2D eigenvalue weighted by molar-refractivity contribution is -0.384. The van der Waals surface area contributed by atoms with Crippen molar-refractivity contribution in [2.45, 2.75) is 5.38 Å². The third kappa shape index (κ3) is 3.89. The number of halogens is 1. The Kier molecular flexibility index (Phi) is 4.74. The van der Waals surface area contributed by atoms with E-state index in [4.69, 9.17) is 11.6 Å². The molecule has 1 atom stereocenters. The molecule has 1 aromatic rings. The number of hydrogen-bond donors (Lipinski definition) is 0. The predicted octanol–water partition coefficient (Wildman–Crippen LogP) is 2.12. The lowest BCUT2D eigenvalue weighted by Crippen LogP contribution is -2.45. The van der Waals surface area contributed by atoms with E-state index < -0.39 is 4.92 Å². The summed E-state index contributed by atoms with van der Waals surface area (Å²) in [5.41, 5.74) is 1.04. The molecule has 5 nitrogen and oxygen atoms in total. The highest BCUT2D eigenvalue weighted by Crippen LogP contribution is 2.24. The molecule has 1 aliphatic heterocycles. The van der Waals surface area contributed by atoms with Gasteiger partial charge >= 0.3 is 0 Å². The van der Waals surface area contributed by atoms with Crippen LogP contribution in [-0.4, -0.2) is 54.5 Å². The smallest absolute Gasteiger partial charge is 0.269 e. The molecule has 19 heavy (non-hydrogen) atoms. The molecule has 0 aromatic heterocycles. The van der Waals surface area contributed by atoms with Crippen molar-refractivity contribution < 1.29 is 4.92 Å². The molecule has 0 aliphatic carbocycles. The van der Waals surface area contributed by atoms with E-state index in [0.717, 1.165) is 38.3 Å². The van der Waals surface area contributed by atoms with Gasteiger partial charge in [0.05, 0.1) is 10.3 Å². The molecule has 1 unspecified atom stereocenters. The van der Waals surface area contributed by atoms with Crippen molar-refractivity contribution in [3.63, 3.8) is 0 Å². The first-order chi connectivity index (χ1) is 9.06. The molecule has 6 heteroatoms. The van der Waals surface area contributed by atoms with Crippen molar-refractivity contribution in [3.8, 4) is 0 Å². The second-order valence-corrected chi connectivity index (χ2v) is 5.45. The summed E-state index contributed by atoms with van der Waals surface area (Å²) < 4.78 is 0. The van der Waals surface area contributed by atoms with Gasteiger partial charge in [0.2, 0.25) is 0 Å². The van der Waals surface area contributed by atoms with Crippen LogP contribution in [0, 0.1) is 10.1 Å². The molecule has 1 fully saturated rings. The van der Waals surface area contributed by atoms with Crippen LogP contribution in [-0.2, 0) is 0 Å². The van der Waals surface area contributed by atoms with Gasteiger partial charge in [-0.25, -0.2) is 0 Å². The van der Waals surface area contributed by atoms with Gasteiger partial charge in [-0.3, -0.25) is 15.0 Å². The molecule has 1 aromatic carbocycles. The van der Waals surface area contributed by atoms with Gasteiger partial charge in [-0.1, -0.05) is 12.1 Å². The normalized spacial score (nSPS) is 19.3.